The summed E-state index contributed by atoms with van der Waals surface area (Å²) < 4.78 is 5.42. The Morgan fingerprint density at radius 1 is 1.17 bits per heavy atom. The van der Waals surface area contributed by atoms with Crippen LogP contribution < -0.4 is 5.32 Å². The standard InChI is InChI=1S/C15H29NO2/c1-2-3-8-18-11-14(17)9-16-10-15(12-4-5-12)13-6-7-13/h12-17H,2-11H2,1H3. The van der Waals surface area contributed by atoms with Gasteiger partial charge in [0.25, 0.3) is 0 Å². The fourth-order valence-electron chi connectivity index (χ4n) is 2.71. The van der Waals surface area contributed by atoms with Gasteiger partial charge in [-0.15, -0.1) is 0 Å². The predicted molar refractivity (Wildman–Crippen MR) is 73.5 cm³/mol. The quantitative estimate of drug-likeness (QED) is 0.556. The minimum atomic E-state index is -0.346. The minimum absolute atomic E-state index is 0.346. The maximum absolute atomic E-state index is 9.78. The third kappa shape index (κ3) is 5.25. The van der Waals surface area contributed by atoms with Crippen molar-refractivity contribution in [2.75, 3.05) is 26.3 Å². The van der Waals surface area contributed by atoms with E-state index < -0.39 is 0 Å². The van der Waals surface area contributed by atoms with Gasteiger partial charge in [0.05, 0.1) is 12.7 Å². The van der Waals surface area contributed by atoms with Crippen LogP contribution in [0.2, 0.25) is 0 Å². The van der Waals surface area contributed by atoms with E-state index in [1.54, 1.807) is 0 Å². The molecule has 0 heterocycles. The summed E-state index contributed by atoms with van der Waals surface area (Å²) >= 11 is 0. The van der Waals surface area contributed by atoms with Crippen LogP contribution in [0.15, 0.2) is 0 Å². The zero-order valence-electron chi connectivity index (χ0n) is 11.7. The second-order valence-corrected chi connectivity index (χ2v) is 6.08. The molecular formula is C15H29NO2. The molecule has 0 aromatic carbocycles. The number of unbranched alkanes of at least 4 members (excludes halogenated alkanes) is 1. The van der Waals surface area contributed by atoms with Crippen molar-refractivity contribution < 1.29 is 9.84 Å². The first kappa shape index (κ1) is 14.3. The molecule has 1 atom stereocenters. The number of nitrogens with one attached hydrogen (secondary N) is 1. The van der Waals surface area contributed by atoms with Crippen molar-refractivity contribution in [1.29, 1.82) is 0 Å². The van der Waals surface area contributed by atoms with Crippen molar-refractivity contribution >= 4 is 0 Å². The minimum Gasteiger partial charge on any atom is -0.389 e. The molecule has 106 valence electrons. The van der Waals surface area contributed by atoms with Gasteiger partial charge in [0.1, 0.15) is 0 Å². The molecule has 0 bridgehead atoms. The molecule has 2 aliphatic rings. The van der Waals surface area contributed by atoms with Crippen molar-refractivity contribution in [3.8, 4) is 0 Å². The lowest BCUT2D eigenvalue weighted by Crippen LogP contribution is -2.34. The summed E-state index contributed by atoms with van der Waals surface area (Å²) in [5.41, 5.74) is 0. The Morgan fingerprint density at radius 3 is 2.39 bits per heavy atom. The highest BCUT2D eigenvalue weighted by molar-refractivity contribution is 4.92. The van der Waals surface area contributed by atoms with E-state index in [0.29, 0.717) is 13.2 Å². The summed E-state index contributed by atoms with van der Waals surface area (Å²) in [6.45, 7) is 5.19. The Hall–Kier alpha value is -0.120. The van der Waals surface area contributed by atoms with Gasteiger partial charge in [0, 0.05) is 13.2 Å². The molecule has 0 aliphatic heterocycles. The number of hydrogen-bond donors (Lipinski definition) is 2. The molecule has 2 saturated carbocycles. The van der Waals surface area contributed by atoms with Gasteiger partial charge in [-0.05, 0) is 56.4 Å². The second kappa shape index (κ2) is 7.46. The summed E-state index contributed by atoms with van der Waals surface area (Å²) in [7, 11) is 0. The lowest BCUT2D eigenvalue weighted by molar-refractivity contribution is 0.0353. The lowest BCUT2D eigenvalue weighted by atomic mass is 9.98. The molecular weight excluding hydrogens is 226 g/mol. The zero-order valence-corrected chi connectivity index (χ0v) is 11.7. The van der Waals surface area contributed by atoms with Crippen LogP contribution in [0.25, 0.3) is 0 Å². The van der Waals surface area contributed by atoms with Crippen LogP contribution in [0.1, 0.15) is 45.4 Å². The number of ether oxygens (including phenoxy) is 1. The van der Waals surface area contributed by atoms with E-state index in [0.717, 1.165) is 43.7 Å². The monoisotopic (exact) mass is 255 g/mol. The largest absolute Gasteiger partial charge is 0.389 e. The van der Waals surface area contributed by atoms with E-state index in [1.165, 1.54) is 25.7 Å². The normalized spacial score (nSPS) is 21.5. The van der Waals surface area contributed by atoms with E-state index in [-0.39, 0.29) is 6.10 Å². The SMILES string of the molecule is CCCCOCC(O)CNCC(C1CC1)C1CC1. The lowest BCUT2D eigenvalue weighted by Gasteiger charge is -2.18. The van der Waals surface area contributed by atoms with Crippen molar-refractivity contribution in [3.05, 3.63) is 0 Å². The number of aliphatic hydroxyl groups is 1. The van der Waals surface area contributed by atoms with Gasteiger partial charge in [-0.2, -0.15) is 0 Å². The molecule has 0 aromatic heterocycles. The van der Waals surface area contributed by atoms with E-state index >= 15 is 0 Å². The van der Waals surface area contributed by atoms with Crippen LogP contribution in [-0.2, 0) is 4.74 Å². The van der Waals surface area contributed by atoms with Crippen molar-refractivity contribution in [2.24, 2.45) is 17.8 Å². The highest BCUT2D eigenvalue weighted by Gasteiger charge is 2.40. The molecule has 18 heavy (non-hydrogen) atoms. The molecule has 2 aliphatic carbocycles. The third-order valence-corrected chi connectivity index (χ3v) is 4.17. The van der Waals surface area contributed by atoms with E-state index in [4.69, 9.17) is 4.74 Å². The highest BCUT2D eigenvalue weighted by Crippen LogP contribution is 2.48. The summed E-state index contributed by atoms with van der Waals surface area (Å²) in [6, 6.07) is 0. The maximum atomic E-state index is 9.78. The summed E-state index contributed by atoms with van der Waals surface area (Å²) in [4.78, 5) is 0. The molecule has 0 amide bonds. The molecule has 2 N–H and O–H groups in total. The van der Waals surface area contributed by atoms with Crippen LogP contribution >= 0.6 is 0 Å². The average molecular weight is 255 g/mol. The van der Waals surface area contributed by atoms with Crippen LogP contribution in [0.3, 0.4) is 0 Å². The third-order valence-electron chi connectivity index (χ3n) is 4.17. The molecule has 0 radical (unpaired) electrons. The maximum Gasteiger partial charge on any atom is 0.0897 e. The average Bonchev–Trinajstić information content (AvgIpc) is 3.23. The van der Waals surface area contributed by atoms with Gasteiger partial charge in [0.2, 0.25) is 0 Å². The van der Waals surface area contributed by atoms with Gasteiger partial charge in [-0.25, -0.2) is 0 Å². The molecule has 0 aromatic rings. The summed E-state index contributed by atoms with van der Waals surface area (Å²) in [5.74, 6) is 2.86. The molecule has 3 nitrogen and oxygen atoms in total. The molecule has 3 heteroatoms. The first-order valence-electron chi connectivity index (χ1n) is 7.77. The Morgan fingerprint density at radius 2 is 1.83 bits per heavy atom. The van der Waals surface area contributed by atoms with Crippen LogP contribution in [0.5, 0.6) is 0 Å². The van der Waals surface area contributed by atoms with Crippen LogP contribution in [-0.4, -0.2) is 37.5 Å². The van der Waals surface area contributed by atoms with Gasteiger partial charge in [-0.1, -0.05) is 13.3 Å². The fraction of sp³-hybridized carbons (Fsp3) is 1.00. The zero-order chi connectivity index (χ0) is 12.8. The Bertz CT molecular complexity index is 215. The topological polar surface area (TPSA) is 41.5 Å². The fourth-order valence-corrected chi connectivity index (χ4v) is 2.71. The molecule has 2 rings (SSSR count). The number of rotatable bonds is 11. The van der Waals surface area contributed by atoms with Gasteiger partial charge in [-0.3, -0.25) is 0 Å². The number of aliphatic hydroxyl groups excluding tert-OH is 1. The van der Waals surface area contributed by atoms with Crippen molar-refractivity contribution in [2.45, 2.75) is 51.6 Å². The predicted octanol–water partition coefficient (Wildman–Crippen LogP) is 2.19. The van der Waals surface area contributed by atoms with Crippen molar-refractivity contribution in [1.82, 2.24) is 5.32 Å². The molecule has 0 spiro atoms. The summed E-state index contributed by atoms with van der Waals surface area (Å²) in [5, 5.41) is 13.2. The molecule has 1 unspecified atom stereocenters. The molecule has 0 saturated heterocycles. The van der Waals surface area contributed by atoms with E-state index in [1.807, 2.05) is 0 Å². The van der Waals surface area contributed by atoms with Crippen molar-refractivity contribution in [3.63, 3.8) is 0 Å². The Balaban J connectivity index is 1.48. The van der Waals surface area contributed by atoms with E-state index in [9.17, 15) is 5.11 Å². The Kier molecular flexibility index (Phi) is 5.93. The van der Waals surface area contributed by atoms with Gasteiger partial charge < -0.3 is 15.2 Å². The number of hydrogen-bond acceptors (Lipinski definition) is 3. The first-order chi connectivity index (χ1) is 8.81. The smallest absolute Gasteiger partial charge is 0.0897 e. The Labute approximate surface area is 111 Å². The summed E-state index contributed by atoms with van der Waals surface area (Å²) in [6.07, 6.45) is 7.64. The van der Waals surface area contributed by atoms with Crippen LogP contribution in [0.4, 0.5) is 0 Å². The second-order valence-electron chi connectivity index (χ2n) is 6.08. The molecule has 2 fully saturated rings. The highest BCUT2D eigenvalue weighted by atomic mass is 16.5. The first-order valence-corrected chi connectivity index (χ1v) is 7.77. The van der Waals surface area contributed by atoms with Gasteiger partial charge in [0.15, 0.2) is 0 Å². The van der Waals surface area contributed by atoms with Crippen LogP contribution in [0, 0.1) is 17.8 Å². The van der Waals surface area contributed by atoms with E-state index in [2.05, 4.69) is 12.2 Å². The van der Waals surface area contributed by atoms with Gasteiger partial charge >= 0.3 is 0 Å².